The first kappa shape index (κ1) is 35.5. The van der Waals surface area contributed by atoms with E-state index in [0.29, 0.717) is 17.7 Å². The van der Waals surface area contributed by atoms with Crippen LogP contribution in [0.2, 0.25) is 0 Å². The van der Waals surface area contributed by atoms with Crippen LogP contribution in [0.3, 0.4) is 0 Å². The smallest absolute Gasteiger partial charge is 0.240 e. The van der Waals surface area contributed by atoms with E-state index in [1.165, 1.54) is 33.4 Å². The summed E-state index contributed by atoms with van der Waals surface area (Å²) in [5.74, 6) is 1.73. The zero-order valence-corrected chi connectivity index (χ0v) is 33.6. The third-order valence-corrected chi connectivity index (χ3v) is 12.0. The van der Waals surface area contributed by atoms with Gasteiger partial charge in [0.05, 0.1) is 22.1 Å². The molecule has 3 heterocycles. The fraction of sp³-hybridized carbons (Fsp3) is 0. The lowest BCUT2D eigenvalue weighted by Crippen LogP contribution is -2.10. The summed E-state index contributed by atoms with van der Waals surface area (Å²) in [6, 6.07) is 79.3. The first-order valence-corrected chi connectivity index (χ1v) is 20.9. The van der Waals surface area contributed by atoms with Crippen molar-refractivity contribution >= 4 is 43.6 Å². The number of benzene rings is 9. The molecule has 62 heavy (non-hydrogen) atoms. The topological polar surface area (TPSA) is 48.5 Å². The van der Waals surface area contributed by atoms with Gasteiger partial charge in [0.15, 0.2) is 5.82 Å². The Bertz CT molecular complexity index is 3380. The quantitative estimate of drug-likeness (QED) is 0.162. The molecule has 0 saturated heterocycles. The summed E-state index contributed by atoms with van der Waals surface area (Å²) >= 11 is 0. The standard InChI is InChI=1S/C57H37N5/c1-2-14-38(15-3-1)43-16-12-17-44(36-43)41-32-28-39(29-33-41)40-30-34-42(35-31-40)45-18-13-19-46(37-45)55-58-56(61-51-24-8-4-20-47(51)48-21-5-9-25-52(48)61)60-57(59-55)62-53-26-10-6-22-49(53)50-23-7-11-27-54(50)62/h1-37H. The molecule has 0 aliphatic rings. The van der Waals surface area contributed by atoms with Crippen LogP contribution in [0.1, 0.15) is 0 Å². The maximum atomic E-state index is 5.31. The second-order valence-corrected chi connectivity index (χ2v) is 15.7. The van der Waals surface area contributed by atoms with Crippen LogP contribution in [0.15, 0.2) is 224 Å². The van der Waals surface area contributed by atoms with Crippen LogP contribution in [0, 0.1) is 0 Å². The highest BCUT2D eigenvalue weighted by atomic mass is 15.3. The fourth-order valence-electron chi connectivity index (χ4n) is 9.02. The maximum absolute atomic E-state index is 5.31. The van der Waals surface area contributed by atoms with E-state index in [2.05, 4.69) is 234 Å². The van der Waals surface area contributed by atoms with Gasteiger partial charge >= 0.3 is 0 Å². The highest BCUT2D eigenvalue weighted by molar-refractivity contribution is 6.10. The highest BCUT2D eigenvalue weighted by Crippen LogP contribution is 2.36. The second kappa shape index (κ2) is 14.7. The van der Waals surface area contributed by atoms with Crippen molar-refractivity contribution in [2.24, 2.45) is 0 Å². The number of aromatic nitrogens is 5. The highest BCUT2D eigenvalue weighted by Gasteiger charge is 2.20. The van der Waals surface area contributed by atoms with Gasteiger partial charge in [0.25, 0.3) is 0 Å². The molecule has 3 aromatic heterocycles. The number of rotatable bonds is 7. The molecule has 0 bridgehead atoms. The van der Waals surface area contributed by atoms with Gasteiger partial charge in [-0.25, -0.2) is 0 Å². The van der Waals surface area contributed by atoms with Crippen molar-refractivity contribution in [1.29, 1.82) is 0 Å². The normalized spacial score (nSPS) is 11.5. The Labute approximate surface area is 358 Å². The summed E-state index contributed by atoms with van der Waals surface area (Å²) in [6.07, 6.45) is 0. The minimum absolute atomic E-state index is 0.564. The van der Waals surface area contributed by atoms with Gasteiger partial charge in [-0.15, -0.1) is 0 Å². The van der Waals surface area contributed by atoms with Gasteiger partial charge in [-0.1, -0.05) is 188 Å². The number of para-hydroxylation sites is 4. The molecular weight excluding hydrogens is 755 g/mol. The number of fused-ring (bicyclic) bond motifs is 6. The summed E-state index contributed by atoms with van der Waals surface area (Å²) in [7, 11) is 0. The molecular formula is C57H37N5. The monoisotopic (exact) mass is 791 g/mol. The average molecular weight is 792 g/mol. The van der Waals surface area contributed by atoms with Crippen molar-refractivity contribution in [3.05, 3.63) is 224 Å². The number of hydrogen-bond acceptors (Lipinski definition) is 3. The molecule has 0 aliphatic heterocycles. The van der Waals surface area contributed by atoms with E-state index < -0.39 is 0 Å². The summed E-state index contributed by atoms with van der Waals surface area (Å²) in [5.41, 5.74) is 14.4. The molecule has 0 radical (unpaired) electrons. The van der Waals surface area contributed by atoms with Gasteiger partial charge in [-0.05, 0) is 80.9 Å². The zero-order chi connectivity index (χ0) is 41.0. The van der Waals surface area contributed by atoms with Gasteiger partial charge in [0.2, 0.25) is 11.9 Å². The van der Waals surface area contributed by atoms with E-state index in [1.807, 2.05) is 0 Å². The Balaban J connectivity index is 0.934. The SMILES string of the molecule is c1ccc(-c2cccc(-c3ccc(-c4ccc(-c5cccc(-c6nc(-n7c8ccccc8c8ccccc87)nc(-n7c8ccccc8c8ccccc87)n6)c5)cc4)cc3)c2)cc1. The predicted octanol–water partition coefficient (Wildman–Crippen LogP) is 14.4. The molecule has 0 saturated carbocycles. The van der Waals surface area contributed by atoms with Gasteiger partial charge in [0, 0.05) is 27.1 Å². The lowest BCUT2D eigenvalue weighted by molar-refractivity contribution is 0.893. The molecule has 12 rings (SSSR count). The summed E-state index contributed by atoms with van der Waals surface area (Å²) in [5, 5.41) is 4.61. The number of hydrogen-bond donors (Lipinski definition) is 0. The maximum Gasteiger partial charge on any atom is 0.240 e. The molecule has 0 aliphatic carbocycles. The summed E-state index contributed by atoms with van der Waals surface area (Å²) < 4.78 is 4.34. The zero-order valence-electron chi connectivity index (χ0n) is 33.6. The third kappa shape index (κ3) is 6.06. The Morgan fingerprint density at radius 2 is 0.516 bits per heavy atom. The largest absolute Gasteiger partial charge is 0.278 e. The predicted molar refractivity (Wildman–Crippen MR) is 256 cm³/mol. The lowest BCUT2D eigenvalue weighted by Gasteiger charge is -2.13. The molecule has 5 nitrogen and oxygen atoms in total. The van der Waals surface area contributed by atoms with Crippen molar-refractivity contribution in [3.63, 3.8) is 0 Å². The molecule has 0 amide bonds. The van der Waals surface area contributed by atoms with E-state index in [0.717, 1.165) is 60.3 Å². The fourth-order valence-corrected chi connectivity index (χ4v) is 9.02. The number of nitrogens with zero attached hydrogens (tertiary/aromatic N) is 5. The van der Waals surface area contributed by atoms with Gasteiger partial charge in [-0.2, -0.15) is 15.0 Å². The van der Waals surface area contributed by atoms with E-state index in [-0.39, 0.29) is 0 Å². The van der Waals surface area contributed by atoms with Crippen LogP contribution in [0.4, 0.5) is 0 Å². The Hall–Kier alpha value is -8.41. The van der Waals surface area contributed by atoms with Gasteiger partial charge < -0.3 is 0 Å². The van der Waals surface area contributed by atoms with Gasteiger partial charge in [0.1, 0.15) is 0 Å². The summed E-state index contributed by atoms with van der Waals surface area (Å²) in [6.45, 7) is 0. The minimum Gasteiger partial charge on any atom is -0.278 e. The Morgan fingerprint density at radius 1 is 0.226 bits per heavy atom. The minimum atomic E-state index is 0.564. The molecule has 9 aromatic carbocycles. The van der Waals surface area contributed by atoms with Crippen LogP contribution in [0.5, 0.6) is 0 Å². The first-order valence-electron chi connectivity index (χ1n) is 20.9. The van der Waals surface area contributed by atoms with Gasteiger partial charge in [-0.3, -0.25) is 9.13 Å². The van der Waals surface area contributed by atoms with Crippen LogP contribution >= 0.6 is 0 Å². The van der Waals surface area contributed by atoms with E-state index in [1.54, 1.807) is 0 Å². The Morgan fingerprint density at radius 3 is 0.919 bits per heavy atom. The van der Waals surface area contributed by atoms with Crippen molar-refractivity contribution in [2.45, 2.75) is 0 Å². The lowest BCUT2D eigenvalue weighted by atomic mass is 9.96. The Kier molecular flexibility index (Phi) is 8.42. The molecule has 12 aromatic rings. The van der Waals surface area contributed by atoms with Crippen molar-refractivity contribution in [1.82, 2.24) is 24.1 Å². The van der Waals surface area contributed by atoms with E-state index >= 15 is 0 Å². The third-order valence-electron chi connectivity index (χ3n) is 12.0. The van der Waals surface area contributed by atoms with Crippen LogP contribution in [0.25, 0.3) is 111 Å². The van der Waals surface area contributed by atoms with Crippen molar-refractivity contribution < 1.29 is 0 Å². The second-order valence-electron chi connectivity index (χ2n) is 15.7. The van der Waals surface area contributed by atoms with Crippen LogP contribution in [-0.4, -0.2) is 24.1 Å². The van der Waals surface area contributed by atoms with E-state index in [4.69, 9.17) is 15.0 Å². The molecule has 0 spiro atoms. The van der Waals surface area contributed by atoms with E-state index in [9.17, 15) is 0 Å². The molecule has 0 fully saturated rings. The van der Waals surface area contributed by atoms with Crippen LogP contribution in [-0.2, 0) is 0 Å². The van der Waals surface area contributed by atoms with Crippen molar-refractivity contribution in [3.8, 4) is 67.8 Å². The average Bonchev–Trinajstić information content (AvgIpc) is 3.88. The van der Waals surface area contributed by atoms with Crippen molar-refractivity contribution in [2.75, 3.05) is 0 Å². The van der Waals surface area contributed by atoms with Crippen LogP contribution < -0.4 is 0 Å². The molecule has 0 unspecified atom stereocenters. The first-order chi connectivity index (χ1) is 30.7. The molecule has 0 atom stereocenters. The molecule has 0 N–H and O–H groups in total. The molecule has 290 valence electrons. The summed E-state index contributed by atoms with van der Waals surface area (Å²) in [4.78, 5) is 15.9. The molecule has 5 heteroatoms.